The highest BCUT2D eigenvalue weighted by molar-refractivity contribution is 7.89. The molecule has 0 aliphatic carbocycles. The monoisotopic (exact) mass is 377 g/mol. The summed E-state index contributed by atoms with van der Waals surface area (Å²) < 4.78 is 39.9. The molecular formula is C18H20FN3O3S. The van der Waals surface area contributed by atoms with Crippen LogP contribution in [0.4, 0.5) is 10.1 Å². The molecule has 1 aliphatic rings. The first-order valence-electron chi connectivity index (χ1n) is 8.25. The Balaban J connectivity index is 1.71. The molecule has 1 fully saturated rings. The maximum atomic E-state index is 13.9. The van der Waals surface area contributed by atoms with Crippen LogP contribution >= 0.6 is 0 Å². The maximum Gasteiger partial charge on any atom is 0.254 e. The largest absolute Gasteiger partial charge is 0.366 e. The molecule has 26 heavy (non-hydrogen) atoms. The molecule has 2 aromatic carbocycles. The Hall–Kier alpha value is -2.45. The minimum Gasteiger partial charge on any atom is -0.366 e. The van der Waals surface area contributed by atoms with E-state index < -0.39 is 10.0 Å². The third-order valence-corrected chi connectivity index (χ3v) is 5.83. The summed E-state index contributed by atoms with van der Waals surface area (Å²) in [5.41, 5.74) is 0.849. The topological polar surface area (TPSA) is 69.7 Å². The van der Waals surface area contributed by atoms with Crippen LogP contribution in [0.2, 0.25) is 0 Å². The second kappa shape index (κ2) is 7.43. The summed E-state index contributed by atoms with van der Waals surface area (Å²) in [6.45, 7) is 1.91. The average molecular weight is 377 g/mol. The smallest absolute Gasteiger partial charge is 0.254 e. The normalized spacial score (nSPS) is 15.2. The number of benzene rings is 2. The van der Waals surface area contributed by atoms with Crippen LogP contribution in [0.25, 0.3) is 0 Å². The van der Waals surface area contributed by atoms with Crippen LogP contribution in [0.3, 0.4) is 0 Å². The van der Waals surface area contributed by atoms with Gasteiger partial charge in [0.1, 0.15) is 5.82 Å². The number of hydrogen-bond acceptors (Lipinski definition) is 4. The Bertz CT molecular complexity index is 909. The van der Waals surface area contributed by atoms with Gasteiger partial charge in [-0.05, 0) is 37.4 Å². The van der Waals surface area contributed by atoms with Gasteiger partial charge in [0.15, 0.2) is 0 Å². The number of para-hydroxylation sites is 1. The number of hydrogen-bond donors (Lipinski definition) is 1. The van der Waals surface area contributed by atoms with Crippen LogP contribution in [-0.4, -0.2) is 52.5 Å². The van der Waals surface area contributed by atoms with Gasteiger partial charge in [-0.15, -0.1) is 0 Å². The molecule has 1 aliphatic heterocycles. The zero-order chi connectivity index (χ0) is 18.7. The molecule has 0 aromatic heterocycles. The molecule has 8 heteroatoms. The van der Waals surface area contributed by atoms with Gasteiger partial charge in [-0.2, -0.15) is 0 Å². The second-order valence-corrected chi connectivity index (χ2v) is 7.85. The third-order valence-electron chi connectivity index (χ3n) is 4.42. The van der Waals surface area contributed by atoms with E-state index in [1.807, 2.05) is 4.90 Å². The lowest BCUT2D eigenvalue weighted by molar-refractivity contribution is 0.0746. The van der Waals surface area contributed by atoms with E-state index in [4.69, 9.17) is 0 Å². The first-order valence-corrected chi connectivity index (χ1v) is 9.73. The Kier molecular flexibility index (Phi) is 5.24. The number of rotatable bonds is 4. The zero-order valence-electron chi connectivity index (χ0n) is 14.4. The molecule has 138 valence electrons. The van der Waals surface area contributed by atoms with Crippen molar-refractivity contribution in [3.05, 3.63) is 59.9 Å². The first-order chi connectivity index (χ1) is 12.4. The number of halogens is 1. The van der Waals surface area contributed by atoms with Gasteiger partial charge < -0.3 is 9.80 Å². The van der Waals surface area contributed by atoms with Gasteiger partial charge in [0.2, 0.25) is 10.0 Å². The number of nitrogens with zero attached hydrogens (tertiary/aromatic N) is 2. The van der Waals surface area contributed by atoms with Crippen molar-refractivity contribution in [3.63, 3.8) is 0 Å². The van der Waals surface area contributed by atoms with Crippen molar-refractivity contribution in [2.75, 3.05) is 38.1 Å². The van der Waals surface area contributed by atoms with Gasteiger partial charge in [-0.1, -0.05) is 18.2 Å². The van der Waals surface area contributed by atoms with Crippen LogP contribution in [0.1, 0.15) is 10.4 Å². The Morgan fingerprint density at radius 3 is 2.38 bits per heavy atom. The fraction of sp³-hybridized carbons (Fsp3) is 0.278. The average Bonchev–Trinajstić information content (AvgIpc) is 2.68. The van der Waals surface area contributed by atoms with E-state index in [1.54, 1.807) is 35.2 Å². The number of amides is 1. The summed E-state index contributed by atoms with van der Waals surface area (Å²) >= 11 is 0. The highest BCUT2D eigenvalue weighted by Crippen LogP contribution is 2.21. The minimum absolute atomic E-state index is 0.0517. The summed E-state index contributed by atoms with van der Waals surface area (Å²) in [5.74, 6) is -0.511. The van der Waals surface area contributed by atoms with Gasteiger partial charge in [-0.3, -0.25) is 4.79 Å². The predicted octanol–water partition coefficient (Wildman–Crippen LogP) is 1.70. The van der Waals surface area contributed by atoms with Crippen molar-refractivity contribution in [2.45, 2.75) is 4.90 Å². The minimum atomic E-state index is -3.61. The molecule has 1 heterocycles. The fourth-order valence-electron chi connectivity index (χ4n) is 2.96. The van der Waals surface area contributed by atoms with Gasteiger partial charge in [0.25, 0.3) is 5.91 Å². The van der Waals surface area contributed by atoms with Crippen LogP contribution < -0.4 is 9.62 Å². The third kappa shape index (κ3) is 3.71. The molecule has 3 rings (SSSR count). The highest BCUT2D eigenvalue weighted by Gasteiger charge is 2.24. The molecule has 1 saturated heterocycles. The maximum absolute atomic E-state index is 13.9. The summed E-state index contributed by atoms with van der Waals surface area (Å²) in [6, 6.07) is 12.5. The van der Waals surface area contributed by atoms with Gasteiger partial charge >= 0.3 is 0 Å². The van der Waals surface area contributed by atoms with Gasteiger partial charge in [0.05, 0.1) is 10.6 Å². The van der Waals surface area contributed by atoms with Crippen molar-refractivity contribution in [3.8, 4) is 0 Å². The van der Waals surface area contributed by atoms with E-state index >= 15 is 0 Å². The summed E-state index contributed by atoms with van der Waals surface area (Å²) in [6.07, 6.45) is 0. The number of carbonyl (C=O) groups excluding carboxylic acids is 1. The zero-order valence-corrected chi connectivity index (χ0v) is 15.2. The number of anilines is 1. The predicted molar refractivity (Wildman–Crippen MR) is 97.2 cm³/mol. The van der Waals surface area contributed by atoms with E-state index in [2.05, 4.69) is 4.72 Å². The molecule has 1 amide bonds. The van der Waals surface area contributed by atoms with Crippen molar-refractivity contribution in [2.24, 2.45) is 0 Å². The van der Waals surface area contributed by atoms with E-state index in [0.717, 1.165) is 0 Å². The molecule has 2 aromatic rings. The van der Waals surface area contributed by atoms with Crippen LogP contribution in [0, 0.1) is 5.82 Å². The molecule has 0 radical (unpaired) electrons. The number of carbonyl (C=O) groups is 1. The van der Waals surface area contributed by atoms with Gasteiger partial charge in [-0.25, -0.2) is 17.5 Å². The molecule has 0 unspecified atom stereocenters. The van der Waals surface area contributed by atoms with Crippen LogP contribution in [0.15, 0.2) is 53.4 Å². The SMILES string of the molecule is CNS(=O)(=O)c1cccc(C(=O)N2CCN(c3ccccc3F)CC2)c1. The lowest BCUT2D eigenvalue weighted by Crippen LogP contribution is -2.49. The van der Waals surface area contributed by atoms with E-state index in [0.29, 0.717) is 37.4 Å². The molecule has 6 nitrogen and oxygen atoms in total. The lowest BCUT2D eigenvalue weighted by atomic mass is 10.1. The van der Waals surface area contributed by atoms with Crippen LogP contribution in [-0.2, 0) is 10.0 Å². The van der Waals surface area contributed by atoms with Crippen molar-refractivity contribution < 1.29 is 17.6 Å². The quantitative estimate of drug-likeness (QED) is 0.881. The second-order valence-electron chi connectivity index (χ2n) is 5.97. The summed E-state index contributed by atoms with van der Waals surface area (Å²) in [5, 5.41) is 0. The first kappa shape index (κ1) is 18.3. The molecule has 0 atom stereocenters. The van der Waals surface area contributed by atoms with Crippen molar-refractivity contribution >= 4 is 21.6 Å². The number of sulfonamides is 1. The fourth-order valence-corrected chi connectivity index (χ4v) is 3.73. The van der Waals surface area contributed by atoms with E-state index in [9.17, 15) is 17.6 Å². The Morgan fingerprint density at radius 2 is 1.73 bits per heavy atom. The van der Waals surface area contributed by atoms with E-state index in [-0.39, 0.29) is 16.6 Å². The highest BCUT2D eigenvalue weighted by atomic mass is 32.2. The Morgan fingerprint density at radius 1 is 1.04 bits per heavy atom. The lowest BCUT2D eigenvalue weighted by Gasteiger charge is -2.36. The van der Waals surface area contributed by atoms with Crippen molar-refractivity contribution in [1.29, 1.82) is 0 Å². The molecule has 0 bridgehead atoms. The van der Waals surface area contributed by atoms with Gasteiger partial charge in [0, 0.05) is 31.7 Å². The Labute approximate surface area is 152 Å². The standard InChI is InChI=1S/C18H20FN3O3S/c1-20-26(24,25)15-6-4-5-14(13-15)18(23)22-11-9-21(10-12-22)17-8-3-2-7-16(17)19/h2-8,13,20H,9-12H2,1H3. The molecular weight excluding hydrogens is 357 g/mol. The van der Waals surface area contributed by atoms with E-state index in [1.165, 1.54) is 25.2 Å². The number of nitrogens with one attached hydrogen (secondary N) is 1. The summed E-state index contributed by atoms with van der Waals surface area (Å²) in [7, 11) is -2.28. The van der Waals surface area contributed by atoms with Crippen LogP contribution in [0.5, 0.6) is 0 Å². The molecule has 0 saturated carbocycles. The molecule has 1 N–H and O–H groups in total. The number of piperazine rings is 1. The molecule has 0 spiro atoms. The summed E-state index contributed by atoms with van der Waals surface area (Å²) in [4.78, 5) is 16.3. The van der Waals surface area contributed by atoms with Crippen molar-refractivity contribution in [1.82, 2.24) is 9.62 Å².